The molecule has 2 heteroatoms. The third-order valence-corrected chi connectivity index (χ3v) is 4.62. The van der Waals surface area contributed by atoms with Crippen LogP contribution in [0.15, 0.2) is 16.9 Å². The second-order valence-electron chi connectivity index (χ2n) is 6.23. The molecule has 2 atom stereocenters. The van der Waals surface area contributed by atoms with Crippen LogP contribution in [-0.4, -0.2) is 5.71 Å². The smallest absolute Gasteiger partial charge is 0.0454 e. The van der Waals surface area contributed by atoms with Gasteiger partial charge in [-0.05, 0) is 55.9 Å². The van der Waals surface area contributed by atoms with Crippen molar-refractivity contribution in [2.24, 2.45) is 22.9 Å². The first-order chi connectivity index (χ1) is 8.72. The molecule has 18 heavy (non-hydrogen) atoms. The van der Waals surface area contributed by atoms with Gasteiger partial charge in [0.15, 0.2) is 0 Å². The van der Waals surface area contributed by atoms with Gasteiger partial charge in [-0.15, -0.1) is 0 Å². The second-order valence-corrected chi connectivity index (χ2v) is 6.23. The standard InChI is InChI=1S/C16H28N2/c1-4-6-16-15-10-9-13(12(2)3)7-5-8-14(15)11-17-18-16/h11-13,15,17H,4-10H2,1-3H3. The van der Waals surface area contributed by atoms with Crippen LogP contribution >= 0.6 is 0 Å². The molecule has 2 rings (SSSR count). The normalized spacial score (nSPS) is 28.7. The average molecular weight is 248 g/mol. The third kappa shape index (κ3) is 3.15. The second kappa shape index (κ2) is 6.40. The predicted octanol–water partition coefficient (Wildman–Crippen LogP) is 4.48. The van der Waals surface area contributed by atoms with Crippen LogP contribution in [0, 0.1) is 17.8 Å². The van der Waals surface area contributed by atoms with E-state index in [1.54, 1.807) is 5.57 Å². The summed E-state index contributed by atoms with van der Waals surface area (Å²) in [5.74, 6) is 2.40. The van der Waals surface area contributed by atoms with Crippen molar-refractivity contribution in [3.63, 3.8) is 0 Å². The van der Waals surface area contributed by atoms with Crippen LogP contribution in [0.1, 0.15) is 65.7 Å². The summed E-state index contributed by atoms with van der Waals surface area (Å²) in [6, 6.07) is 0. The number of allylic oxidation sites excluding steroid dienone is 1. The number of hydrazone groups is 1. The number of nitrogens with one attached hydrogen (secondary N) is 1. The number of rotatable bonds is 3. The van der Waals surface area contributed by atoms with E-state index >= 15 is 0 Å². The molecule has 1 aliphatic heterocycles. The van der Waals surface area contributed by atoms with Crippen LogP contribution in [0.4, 0.5) is 0 Å². The van der Waals surface area contributed by atoms with Crippen LogP contribution in [0.3, 0.4) is 0 Å². The molecule has 1 heterocycles. The van der Waals surface area contributed by atoms with E-state index in [1.165, 1.54) is 44.2 Å². The SMILES string of the molecule is CCCC1=NNC=C2CCCC(C(C)C)CCC21. The molecule has 0 spiro atoms. The van der Waals surface area contributed by atoms with Crippen molar-refractivity contribution < 1.29 is 0 Å². The maximum Gasteiger partial charge on any atom is 0.0454 e. The molecule has 0 bridgehead atoms. The highest BCUT2D eigenvalue weighted by Gasteiger charge is 2.27. The lowest BCUT2D eigenvalue weighted by Crippen LogP contribution is -2.27. The zero-order valence-electron chi connectivity index (χ0n) is 12.2. The maximum absolute atomic E-state index is 4.54. The van der Waals surface area contributed by atoms with E-state index < -0.39 is 0 Å². The quantitative estimate of drug-likeness (QED) is 0.782. The van der Waals surface area contributed by atoms with Gasteiger partial charge in [0.1, 0.15) is 0 Å². The van der Waals surface area contributed by atoms with E-state index in [1.807, 2.05) is 0 Å². The highest BCUT2D eigenvalue weighted by atomic mass is 15.3. The van der Waals surface area contributed by atoms with Crippen molar-refractivity contribution in [1.82, 2.24) is 5.43 Å². The molecule has 1 fully saturated rings. The van der Waals surface area contributed by atoms with Crippen LogP contribution in [0.25, 0.3) is 0 Å². The molecule has 0 aromatic rings. The Hall–Kier alpha value is -0.790. The first-order valence-electron chi connectivity index (χ1n) is 7.73. The van der Waals surface area contributed by atoms with Gasteiger partial charge in [-0.1, -0.05) is 27.2 Å². The Balaban J connectivity index is 2.05. The molecule has 1 saturated carbocycles. The molecule has 0 aromatic heterocycles. The molecule has 2 aliphatic rings. The van der Waals surface area contributed by atoms with Crippen molar-refractivity contribution in [3.8, 4) is 0 Å². The Labute approximate surface area is 112 Å². The minimum Gasteiger partial charge on any atom is -0.286 e. The molecule has 0 saturated heterocycles. The van der Waals surface area contributed by atoms with E-state index in [4.69, 9.17) is 0 Å². The summed E-state index contributed by atoms with van der Waals surface area (Å²) in [5, 5.41) is 4.54. The van der Waals surface area contributed by atoms with E-state index in [0.29, 0.717) is 5.92 Å². The van der Waals surface area contributed by atoms with Crippen molar-refractivity contribution in [3.05, 3.63) is 11.8 Å². The molecule has 0 aromatic carbocycles. The third-order valence-electron chi connectivity index (χ3n) is 4.62. The lowest BCUT2D eigenvalue weighted by molar-refractivity contribution is 0.301. The molecule has 0 radical (unpaired) electrons. The Bertz CT molecular complexity index is 316. The average Bonchev–Trinajstić information content (AvgIpc) is 2.30. The summed E-state index contributed by atoms with van der Waals surface area (Å²) in [5.41, 5.74) is 6.14. The Morgan fingerprint density at radius 1 is 1.33 bits per heavy atom. The van der Waals surface area contributed by atoms with Gasteiger partial charge < -0.3 is 0 Å². The van der Waals surface area contributed by atoms with Crippen molar-refractivity contribution in [1.29, 1.82) is 0 Å². The van der Waals surface area contributed by atoms with Gasteiger partial charge in [-0.25, -0.2) is 0 Å². The van der Waals surface area contributed by atoms with Gasteiger partial charge in [-0.3, -0.25) is 5.43 Å². The molecule has 1 aliphatic carbocycles. The zero-order chi connectivity index (χ0) is 13.0. The first-order valence-corrected chi connectivity index (χ1v) is 7.73. The van der Waals surface area contributed by atoms with Crippen molar-refractivity contribution >= 4 is 5.71 Å². The highest BCUT2D eigenvalue weighted by Crippen LogP contribution is 2.35. The molecule has 1 N–H and O–H groups in total. The topological polar surface area (TPSA) is 24.4 Å². The first kappa shape index (κ1) is 13.6. The lowest BCUT2D eigenvalue weighted by Gasteiger charge is -2.31. The summed E-state index contributed by atoms with van der Waals surface area (Å²) in [6.45, 7) is 7.01. The summed E-state index contributed by atoms with van der Waals surface area (Å²) >= 11 is 0. The summed E-state index contributed by atoms with van der Waals surface area (Å²) in [4.78, 5) is 0. The number of fused-ring (bicyclic) bond motifs is 1. The Morgan fingerprint density at radius 3 is 2.89 bits per heavy atom. The molecule has 0 amide bonds. The van der Waals surface area contributed by atoms with Gasteiger partial charge in [0.2, 0.25) is 0 Å². The maximum atomic E-state index is 4.54. The fourth-order valence-corrected chi connectivity index (χ4v) is 3.44. The summed E-state index contributed by atoms with van der Waals surface area (Å²) < 4.78 is 0. The van der Waals surface area contributed by atoms with E-state index in [0.717, 1.165) is 18.3 Å². The molecule has 102 valence electrons. The van der Waals surface area contributed by atoms with Crippen LogP contribution in [-0.2, 0) is 0 Å². The van der Waals surface area contributed by atoms with Gasteiger partial charge in [0.25, 0.3) is 0 Å². The fourth-order valence-electron chi connectivity index (χ4n) is 3.44. The predicted molar refractivity (Wildman–Crippen MR) is 78.5 cm³/mol. The molecule has 2 unspecified atom stereocenters. The van der Waals surface area contributed by atoms with Gasteiger partial charge in [0, 0.05) is 17.8 Å². The van der Waals surface area contributed by atoms with E-state index in [-0.39, 0.29) is 0 Å². The molecule has 2 nitrogen and oxygen atoms in total. The van der Waals surface area contributed by atoms with Crippen molar-refractivity contribution in [2.45, 2.75) is 65.7 Å². The molecular formula is C16H28N2. The van der Waals surface area contributed by atoms with Crippen LogP contribution in [0.5, 0.6) is 0 Å². The molecular weight excluding hydrogens is 220 g/mol. The highest BCUT2D eigenvalue weighted by molar-refractivity contribution is 5.89. The van der Waals surface area contributed by atoms with Crippen LogP contribution < -0.4 is 5.43 Å². The van der Waals surface area contributed by atoms with Gasteiger partial charge >= 0.3 is 0 Å². The summed E-state index contributed by atoms with van der Waals surface area (Å²) in [6.07, 6.45) is 11.2. The lowest BCUT2D eigenvalue weighted by atomic mass is 9.76. The van der Waals surface area contributed by atoms with Gasteiger partial charge in [0.05, 0.1) is 0 Å². The number of nitrogens with zero attached hydrogens (tertiary/aromatic N) is 1. The monoisotopic (exact) mass is 248 g/mol. The minimum atomic E-state index is 0.646. The van der Waals surface area contributed by atoms with Crippen LogP contribution in [0.2, 0.25) is 0 Å². The minimum absolute atomic E-state index is 0.646. The van der Waals surface area contributed by atoms with E-state index in [9.17, 15) is 0 Å². The van der Waals surface area contributed by atoms with Crippen molar-refractivity contribution in [2.75, 3.05) is 0 Å². The van der Waals surface area contributed by atoms with E-state index in [2.05, 4.69) is 37.5 Å². The Kier molecular flexibility index (Phi) is 4.85. The number of hydrogen-bond acceptors (Lipinski definition) is 2. The fraction of sp³-hybridized carbons (Fsp3) is 0.812. The zero-order valence-corrected chi connectivity index (χ0v) is 12.2. The largest absolute Gasteiger partial charge is 0.286 e. The Morgan fingerprint density at radius 2 is 2.17 bits per heavy atom. The van der Waals surface area contributed by atoms with Gasteiger partial charge in [-0.2, -0.15) is 5.10 Å². The number of hydrogen-bond donors (Lipinski definition) is 1. The summed E-state index contributed by atoms with van der Waals surface area (Å²) in [7, 11) is 0.